The van der Waals surface area contributed by atoms with Gasteiger partial charge in [0.2, 0.25) is 11.8 Å². The number of carbonyl (C=O) groups excluding carboxylic acids is 2. The van der Waals surface area contributed by atoms with Crippen LogP contribution in [0.25, 0.3) is 10.4 Å². The lowest BCUT2D eigenvalue weighted by molar-refractivity contribution is -0.140. The van der Waals surface area contributed by atoms with E-state index in [2.05, 4.69) is 10.3 Å². The van der Waals surface area contributed by atoms with Gasteiger partial charge < -0.3 is 21.1 Å². The molecule has 1 aromatic carbocycles. The highest BCUT2D eigenvalue weighted by Crippen LogP contribution is 2.28. The van der Waals surface area contributed by atoms with Crippen LogP contribution in [0, 0.1) is 12.8 Å². The van der Waals surface area contributed by atoms with E-state index in [1.165, 1.54) is 4.90 Å². The standard InChI is InChI=1S/C22H30N4O3S/c1-12(2)19(23)22(29)26-10-17(27)9-18(26)21(28)25-13(3)15-5-7-16(8-6-15)20-14(4)24-11-30-20/h5-8,11-13,17-19,27H,9-10,23H2,1-4H3,(H,25,28). The Bertz CT molecular complexity index is 896. The van der Waals surface area contributed by atoms with E-state index in [0.29, 0.717) is 0 Å². The van der Waals surface area contributed by atoms with Crippen LogP contribution >= 0.6 is 11.3 Å². The topological polar surface area (TPSA) is 109 Å². The van der Waals surface area contributed by atoms with Gasteiger partial charge >= 0.3 is 0 Å². The van der Waals surface area contributed by atoms with Crippen LogP contribution in [0.2, 0.25) is 0 Å². The summed E-state index contributed by atoms with van der Waals surface area (Å²) in [6.07, 6.45) is -0.500. The lowest BCUT2D eigenvalue weighted by Gasteiger charge is -2.28. The fourth-order valence-electron chi connectivity index (χ4n) is 3.68. The van der Waals surface area contributed by atoms with Gasteiger partial charge in [-0.25, -0.2) is 4.98 Å². The van der Waals surface area contributed by atoms with Crippen molar-refractivity contribution in [3.8, 4) is 10.4 Å². The number of nitrogens with one attached hydrogen (secondary N) is 1. The normalized spacial score (nSPS) is 21.0. The number of nitrogens with zero attached hydrogens (tertiary/aromatic N) is 2. The number of carbonyl (C=O) groups is 2. The summed E-state index contributed by atoms with van der Waals surface area (Å²) in [6.45, 7) is 7.75. The molecule has 30 heavy (non-hydrogen) atoms. The summed E-state index contributed by atoms with van der Waals surface area (Å²) >= 11 is 1.60. The van der Waals surface area contributed by atoms with Gasteiger partial charge in [-0.3, -0.25) is 9.59 Å². The first kappa shape index (κ1) is 22.4. The van der Waals surface area contributed by atoms with Gasteiger partial charge in [-0.05, 0) is 30.9 Å². The first-order chi connectivity index (χ1) is 14.2. The number of likely N-dealkylation sites (tertiary alicyclic amines) is 1. The maximum Gasteiger partial charge on any atom is 0.243 e. The lowest BCUT2D eigenvalue weighted by atomic mass is 10.0. The van der Waals surface area contributed by atoms with E-state index in [4.69, 9.17) is 5.73 Å². The number of aryl methyl sites for hydroxylation is 1. The van der Waals surface area contributed by atoms with Gasteiger partial charge in [-0.15, -0.1) is 11.3 Å². The summed E-state index contributed by atoms with van der Waals surface area (Å²) in [5.74, 6) is -0.608. The number of nitrogens with two attached hydrogens (primary N) is 1. The Hall–Kier alpha value is -2.29. The van der Waals surface area contributed by atoms with Crippen LogP contribution in [-0.4, -0.2) is 51.5 Å². The fourth-order valence-corrected chi connectivity index (χ4v) is 4.49. The molecule has 8 heteroatoms. The Morgan fingerprint density at radius 3 is 2.50 bits per heavy atom. The van der Waals surface area contributed by atoms with E-state index in [1.807, 2.05) is 57.5 Å². The molecular formula is C22H30N4O3S. The summed E-state index contributed by atoms with van der Waals surface area (Å²) in [7, 11) is 0. The highest BCUT2D eigenvalue weighted by atomic mass is 32.1. The van der Waals surface area contributed by atoms with E-state index in [1.54, 1.807) is 11.3 Å². The molecule has 2 amide bonds. The Morgan fingerprint density at radius 2 is 1.93 bits per heavy atom. The van der Waals surface area contributed by atoms with E-state index in [-0.39, 0.29) is 36.7 Å². The predicted molar refractivity (Wildman–Crippen MR) is 118 cm³/mol. The van der Waals surface area contributed by atoms with Crippen LogP contribution in [0.4, 0.5) is 0 Å². The number of β-amino-alcohol motifs (C(OH)–C–C–N with tert-alkyl or cyclic N) is 1. The number of aliphatic hydroxyl groups is 1. The molecule has 1 aromatic heterocycles. The molecular weight excluding hydrogens is 400 g/mol. The molecule has 1 saturated heterocycles. The molecule has 2 aromatic rings. The molecule has 1 aliphatic rings. The average Bonchev–Trinajstić information content (AvgIpc) is 3.32. The second kappa shape index (κ2) is 9.24. The van der Waals surface area contributed by atoms with Gasteiger partial charge in [0, 0.05) is 13.0 Å². The van der Waals surface area contributed by atoms with Gasteiger partial charge in [0.1, 0.15) is 6.04 Å². The van der Waals surface area contributed by atoms with Crippen molar-refractivity contribution in [3.63, 3.8) is 0 Å². The smallest absolute Gasteiger partial charge is 0.243 e. The zero-order valence-corrected chi connectivity index (χ0v) is 18.6. The second-order valence-corrected chi connectivity index (χ2v) is 9.14. The molecule has 162 valence electrons. The maximum atomic E-state index is 12.9. The molecule has 0 bridgehead atoms. The van der Waals surface area contributed by atoms with Gasteiger partial charge in [-0.1, -0.05) is 38.1 Å². The minimum Gasteiger partial charge on any atom is -0.391 e. The number of benzene rings is 1. The van der Waals surface area contributed by atoms with Crippen LogP contribution < -0.4 is 11.1 Å². The monoisotopic (exact) mass is 430 g/mol. The van der Waals surface area contributed by atoms with Gasteiger partial charge in [-0.2, -0.15) is 0 Å². The molecule has 0 radical (unpaired) electrons. The molecule has 4 atom stereocenters. The summed E-state index contributed by atoms with van der Waals surface area (Å²) in [4.78, 5) is 32.4. The highest BCUT2D eigenvalue weighted by Gasteiger charge is 2.41. The van der Waals surface area contributed by atoms with E-state index in [0.717, 1.165) is 21.7 Å². The van der Waals surface area contributed by atoms with Crippen LogP contribution in [0.1, 0.15) is 44.5 Å². The molecule has 0 saturated carbocycles. The minimum absolute atomic E-state index is 0.0430. The largest absolute Gasteiger partial charge is 0.391 e. The minimum atomic E-state index is -0.721. The van der Waals surface area contributed by atoms with Crippen molar-refractivity contribution in [2.24, 2.45) is 11.7 Å². The van der Waals surface area contributed by atoms with E-state index < -0.39 is 18.2 Å². The molecule has 7 nitrogen and oxygen atoms in total. The lowest BCUT2D eigenvalue weighted by Crippen LogP contribution is -2.52. The fraction of sp³-hybridized carbons (Fsp3) is 0.500. The molecule has 4 N–H and O–H groups in total. The van der Waals surface area contributed by atoms with Crippen LogP contribution in [0.5, 0.6) is 0 Å². The Labute approximate surface area is 181 Å². The predicted octanol–water partition coefficient (Wildman–Crippen LogP) is 2.24. The molecule has 1 fully saturated rings. The number of rotatable bonds is 6. The molecule has 0 spiro atoms. The van der Waals surface area contributed by atoms with Crippen molar-refractivity contribution < 1.29 is 14.7 Å². The van der Waals surface area contributed by atoms with Crippen molar-refractivity contribution in [1.82, 2.24) is 15.2 Å². The molecule has 0 aliphatic carbocycles. The zero-order valence-electron chi connectivity index (χ0n) is 17.8. The number of thiazole rings is 1. The zero-order chi connectivity index (χ0) is 22.0. The van der Waals surface area contributed by atoms with Crippen molar-refractivity contribution in [2.75, 3.05) is 6.54 Å². The Balaban J connectivity index is 1.68. The van der Waals surface area contributed by atoms with E-state index >= 15 is 0 Å². The molecule has 1 aliphatic heterocycles. The van der Waals surface area contributed by atoms with Crippen molar-refractivity contribution in [1.29, 1.82) is 0 Å². The van der Waals surface area contributed by atoms with Crippen molar-refractivity contribution >= 4 is 23.2 Å². The first-order valence-electron chi connectivity index (χ1n) is 10.2. The highest BCUT2D eigenvalue weighted by molar-refractivity contribution is 7.13. The van der Waals surface area contributed by atoms with Crippen LogP contribution in [0.3, 0.4) is 0 Å². The third kappa shape index (κ3) is 4.71. The van der Waals surface area contributed by atoms with Crippen molar-refractivity contribution in [3.05, 3.63) is 41.0 Å². The van der Waals surface area contributed by atoms with E-state index in [9.17, 15) is 14.7 Å². The van der Waals surface area contributed by atoms with Gasteiger partial charge in [0.15, 0.2) is 0 Å². The number of aromatic nitrogens is 1. The average molecular weight is 431 g/mol. The number of hydrogen-bond donors (Lipinski definition) is 3. The molecule has 3 rings (SSSR count). The molecule has 4 unspecified atom stereocenters. The quantitative estimate of drug-likeness (QED) is 0.651. The summed E-state index contributed by atoms with van der Waals surface area (Å²) in [5, 5.41) is 13.0. The SMILES string of the molecule is Cc1ncsc1-c1ccc(C(C)NC(=O)C2CC(O)CN2C(=O)C(N)C(C)C)cc1. The maximum absolute atomic E-state index is 12.9. The number of aliphatic hydroxyl groups excluding tert-OH is 1. The van der Waals surface area contributed by atoms with Gasteiger partial charge in [0.05, 0.1) is 34.3 Å². The Morgan fingerprint density at radius 1 is 1.27 bits per heavy atom. The third-order valence-corrected chi connectivity index (χ3v) is 6.62. The summed E-state index contributed by atoms with van der Waals surface area (Å²) in [5.41, 5.74) is 10.9. The van der Waals surface area contributed by atoms with Crippen LogP contribution in [-0.2, 0) is 9.59 Å². The molecule has 2 heterocycles. The third-order valence-electron chi connectivity index (χ3n) is 5.65. The summed E-state index contributed by atoms with van der Waals surface area (Å²) < 4.78 is 0. The number of hydrogen-bond acceptors (Lipinski definition) is 6. The van der Waals surface area contributed by atoms with Crippen molar-refractivity contribution in [2.45, 2.75) is 58.3 Å². The summed E-state index contributed by atoms with van der Waals surface area (Å²) in [6, 6.07) is 6.39. The Kier molecular flexibility index (Phi) is 6.90. The second-order valence-electron chi connectivity index (χ2n) is 8.28. The first-order valence-corrected chi connectivity index (χ1v) is 11.1. The van der Waals surface area contributed by atoms with Gasteiger partial charge in [0.25, 0.3) is 0 Å². The number of amides is 2. The van der Waals surface area contributed by atoms with Crippen LogP contribution in [0.15, 0.2) is 29.8 Å².